The number of hydrogen-bond acceptors (Lipinski definition) is 4. The zero-order valence-corrected chi connectivity index (χ0v) is 15.3. The van der Waals surface area contributed by atoms with E-state index in [-0.39, 0.29) is 24.3 Å². The highest BCUT2D eigenvalue weighted by molar-refractivity contribution is 6.29. The minimum Gasteiger partial charge on any atom is -0.475 e. The van der Waals surface area contributed by atoms with Crippen molar-refractivity contribution in [2.75, 3.05) is 0 Å². The second-order valence-corrected chi connectivity index (χ2v) is 6.58. The third kappa shape index (κ3) is 3.30. The number of carbonyl (C=O) groups is 2. The quantitative estimate of drug-likeness (QED) is 0.736. The molecule has 1 aromatic carbocycles. The van der Waals surface area contributed by atoms with Gasteiger partial charge in [-0.25, -0.2) is 9.78 Å². The van der Waals surface area contributed by atoms with Crippen molar-refractivity contribution in [3.05, 3.63) is 52.7 Å². The first-order valence-electron chi connectivity index (χ1n) is 8.03. The lowest BCUT2D eigenvalue weighted by molar-refractivity contribution is 0.0648. The molecule has 0 unspecified atom stereocenters. The Labute approximate surface area is 154 Å². The zero-order chi connectivity index (χ0) is 19.0. The van der Waals surface area contributed by atoms with E-state index in [2.05, 4.69) is 4.98 Å². The second kappa shape index (κ2) is 6.84. The lowest BCUT2D eigenvalue weighted by Crippen LogP contribution is -2.36. The number of benzene rings is 1. The van der Waals surface area contributed by atoms with Crippen LogP contribution in [0.5, 0.6) is 0 Å². The molecular formula is C18H18ClN3O4. The van der Waals surface area contributed by atoms with Gasteiger partial charge in [0.25, 0.3) is 5.91 Å². The molecule has 0 aliphatic rings. The maximum Gasteiger partial charge on any atom is 0.371 e. The van der Waals surface area contributed by atoms with Crippen LogP contribution in [0.25, 0.3) is 11.0 Å². The number of imidazole rings is 1. The van der Waals surface area contributed by atoms with Crippen LogP contribution >= 0.6 is 11.6 Å². The summed E-state index contributed by atoms with van der Waals surface area (Å²) >= 11 is 6.03. The van der Waals surface area contributed by atoms with Crippen molar-refractivity contribution >= 4 is 34.5 Å². The number of amides is 1. The molecule has 0 atom stereocenters. The number of carboxylic acid groups (broad SMARTS) is 1. The summed E-state index contributed by atoms with van der Waals surface area (Å²) in [5, 5.41) is 9.31. The Hall–Kier alpha value is -2.80. The van der Waals surface area contributed by atoms with Crippen LogP contribution in [0.3, 0.4) is 0 Å². The number of aryl methyl sites for hydroxylation is 1. The first kappa shape index (κ1) is 18.0. The van der Waals surface area contributed by atoms with Crippen LogP contribution in [-0.4, -0.2) is 37.5 Å². The summed E-state index contributed by atoms with van der Waals surface area (Å²) in [4.78, 5) is 29.8. The van der Waals surface area contributed by atoms with Crippen LogP contribution in [0, 0.1) is 0 Å². The standard InChI is InChI=1S/C18H18ClN3O4/c1-10(2)22(9-12-5-7-15(26-12)17(24)25)16(23)11-4-6-13-14(8-11)21(3)18(19)20-13/h4-8,10H,9H2,1-3H3,(H,24,25). The van der Waals surface area contributed by atoms with Gasteiger partial charge < -0.3 is 19.0 Å². The van der Waals surface area contributed by atoms with Gasteiger partial charge in [-0.15, -0.1) is 0 Å². The fourth-order valence-electron chi connectivity index (χ4n) is 2.69. The summed E-state index contributed by atoms with van der Waals surface area (Å²) < 4.78 is 6.99. The van der Waals surface area contributed by atoms with Crippen molar-refractivity contribution in [1.82, 2.24) is 14.5 Å². The van der Waals surface area contributed by atoms with Gasteiger partial charge >= 0.3 is 5.97 Å². The largest absolute Gasteiger partial charge is 0.475 e. The van der Waals surface area contributed by atoms with Crippen LogP contribution in [-0.2, 0) is 13.6 Å². The van der Waals surface area contributed by atoms with E-state index in [1.807, 2.05) is 13.8 Å². The number of fused-ring (bicyclic) bond motifs is 1. The van der Waals surface area contributed by atoms with E-state index in [4.69, 9.17) is 21.1 Å². The SMILES string of the molecule is CC(C)N(Cc1ccc(C(=O)O)o1)C(=O)c1ccc2nc(Cl)n(C)c2c1. The average molecular weight is 376 g/mol. The van der Waals surface area contributed by atoms with Crippen LogP contribution in [0.4, 0.5) is 0 Å². The maximum atomic E-state index is 13.0. The molecule has 0 fully saturated rings. The Balaban J connectivity index is 1.90. The number of halogens is 1. The molecule has 26 heavy (non-hydrogen) atoms. The summed E-state index contributed by atoms with van der Waals surface area (Å²) in [6.45, 7) is 3.95. The molecule has 2 aromatic heterocycles. The Morgan fingerprint density at radius 3 is 2.65 bits per heavy atom. The highest BCUT2D eigenvalue weighted by Gasteiger charge is 2.22. The molecular weight excluding hydrogens is 358 g/mol. The Morgan fingerprint density at radius 1 is 1.31 bits per heavy atom. The zero-order valence-electron chi connectivity index (χ0n) is 14.6. The van der Waals surface area contributed by atoms with Gasteiger partial charge in [0.05, 0.1) is 17.6 Å². The summed E-state index contributed by atoms with van der Waals surface area (Å²) in [6, 6.07) is 8.04. The molecule has 0 aliphatic heterocycles. The molecule has 1 amide bonds. The topological polar surface area (TPSA) is 88.6 Å². The van der Waals surface area contributed by atoms with Gasteiger partial charge in [0.15, 0.2) is 0 Å². The van der Waals surface area contributed by atoms with Crippen molar-refractivity contribution in [3.8, 4) is 0 Å². The lowest BCUT2D eigenvalue weighted by atomic mass is 10.1. The molecule has 0 radical (unpaired) electrons. The smallest absolute Gasteiger partial charge is 0.371 e. The molecule has 8 heteroatoms. The van der Waals surface area contributed by atoms with E-state index in [0.29, 0.717) is 22.1 Å². The van der Waals surface area contributed by atoms with Gasteiger partial charge in [-0.2, -0.15) is 0 Å². The summed E-state index contributed by atoms with van der Waals surface area (Å²) in [5.74, 6) is -1.07. The van der Waals surface area contributed by atoms with Crippen molar-refractivity contribution in [1.29, 1.82) is 0 Å². The van der Waals surface area contributed by atoms with E-state index >= 15 is 0 Å². The first-order valence-corrected chi connectivity index (χ1v) is 8.40. The minimum atomic E-state index is -1.14. The molecule has 0 bridgehead atoms. The van der Waals surface area contributed by atoms with Crippen LogP contribution in [0.2, 0.25) is 5.28 Å². The number of nitrogens with zero attached hydrogens (tertiary/aromatic N) is 3. The first-order chi connectivity index (χ1) is 12.3. The number of carbonyl (C=O) groups excluding carboxylic acids is 1. The summed E-state index contributed by atoms with van der Waals surface area (Å²) in [5.41, 5.74) is 1.97. The van der Waals surface area contributed by atoms with Gasteiger partial charge in [0.1, 0.15) is 5.76 Å². The highest BCUT2D eigenvalue weighted by Crippen LogP contribution is 2.22. The molecule has 3 rings (SSSR count). The molecule has 2 heterocycles. The molecule has 0 aliphatic carbocycles. The van der Waals surface area contributed by atoms with E-state index in [0.717, 1.165) is 5.52 Å². The van der Waals surface area contributed by atoms with E-state index in [1.54, 1.807) is 40.8 Å². The minimum absolute atomic E-state index is 0.105. The van der Waals surface area contributed by atoms with Crippen molar-refractivity contribution in [3.63, 3.8) is 0 Å². The monoisotopic (exact) mass is 375 g/mol. The molecule has 7 nitrogen and oxygen atoms in total. The van der Waals surface area contributed by atoms with E-state index in [1.165, 1.54) is 6.07 Å². The van der Waals surface area contributed by atoms with Gasteiger partial charge in [-0.05, 0) is 55.8 Å². The predicted octanol–water partition coefficient (Wildman–Crippen LogP) is 3.57. The Bertz CT molecular complexity index is 990. The number of hydrogen-bond donors (Lipinski definition) is 1. The fraction of sp³-hybridized carbons (Fsp3) is 0.278. The maximum absolute atomic E-state index is 13.0. The highest BCUT2D eigenvalue weighted by atomic mass is 35.5. The van der Waals surface area contributed by atoms with Crippen LogP contribution < -0.4 is 0 Å². The Kier molecular flexibility index (Phi) is 4.73. The predicted molar refractivity (Wildman–Crippen MR) is 96.4 cm³/mol. The molecule has 0 spiro atoms. The van der Waals surface area contributed by atoms with Crippen molar-refractivity contribution in [2.24, 2.45) is 7.05 Å². The molecule has 0 saturated carbocycles. The van der Waals surface area contributed by atoms with Gasteiger partial charge in [-0.1, -0.05) is 0 Å². The normalized spacial score (nSPS) is 11.3. The number of aromatic carboxylic acids is 1. The third-order valence-electron chi connectivity index (χ3n) is 4.16. The Morgan fingerprint density at radius 2 is 2.04 bits per heavy atom. The van der Waals surface area contributed by atoms with Crippen molar-refractivity contribution < 1.29 is 19.1 Å². The number of rotatable bonds is 5. The van der Waals surface area contributed by atoms with Gasteiger partial charge in [0, 0.05) is 18.7 Å². The number of furan rings is 1. The van der Waals surface area contributed by atoms with Crippen LogP contribution in [0.1, 0.15) is 40.5 Å². The molecule has 0 saturated heterocycles. The lowest BCUT2D eigenvalue weighted by Gasteiger charge is -2.26. The molecule has 136 valence electrons. The van der Waals surface area contributed by atoms with E-state index < -0.39 is 5.97 Å². The van der Waals surface area contributed by atoms with Crippen molar-refractivity contribution in [2.45, 2.75) is 26.4 Å². The summed E-state index contributed by atoms with van der Waals surface area (Å²) in [6.07, 6.45) is 0. The third-order valence-corrected chi connectivity index (χ3v) is 4.49. The van der Waals surface area contributed by atoms with Crippen LogP contribution in [0.15, 0.2) is 34.7 Å². The number of aromatic nitrogens is 2. The van der Waals surface area contributed by atoms with E-state index in [9.17, 15) is 9.59 Å². The van der Waals surface area contributed by atoms with Gasteiger partial charge in [0.2, 0.25) is 11.0 Å². The van der Waals surface area contributed by atoms with Gasteiger partial charge in [-0.3, -0.25) is 4.79 Å². The number of carboxylic acids is 1. The fourth-order valence-corrected chi connectivity index (χ4v) is 2.88. The summed E-state index contributed by atoms with van der Waals surface area (Å²) in [7, 11) is 1.78. The molecule has 3 aromatic rings. The second-order valence-electron chi connectivity index (χ2n) is 6.24. The average Bonchev–Trinajstić information content (AvgIpc) is 3.17. The molecule has 1 N–H and O–H groups in total.